The van der Waals surface area contributed by atoms with Crippen LogP contribution in [0.2, 0.25) is 0 Å². The molecule has 0 unspecified atom stereocenters. The van der Waals surface area contributed by atoms with E-state index in [0.717, 1.165) is 24.9 Å². The second kappa shape index (κ2) is 8.12. The summed E-state index contributed by atoms with van der Waals surface area (Å²) in [5.41, 5.74) is 2.50. The first-order valence-corrected chi connectivity index (χ1v) is 7.63. The van der Waals surface area contributed by atoms with Gasteiger partial charge in [-0.1, -0.05) is 37.5 Å². The lowest BCUT2D eigenvalue weighted by atomic mass is 10.2. The van der Waals surface area contributed by atoms with Crippen LogP contribution >= 0.6 is 0 Å². The Morgan fingerprint density at radius 3 is 2.64 bits per heavy atom. The Labute approximate surface area is 131 Å². The lowest BCUT2D eigenvalue weighted by Crippen LogP contribution is -2.25. The molecule has 5 nitrogen and oxygen atoms in total. The molecule has 0 radical (unpaired) electrons. The molecule has 0 bridgehead atoms. The third-order valence-corrected chi connectivity index (χ3v) is 3.29. The number of aromatic nitrogens is 2. The Morgan fingerprint density at radius 1 is 1.14 bits per heavy atom. The predicted octanol–water partition coefficient (Wildman–Crippen LogP) is 3.45. The number of carbonyl (C=O) groups is 1. The predicted molar refractivity (Wildman–Crippen MR) is 88.4 cm³/mol. The highest BCUT2D eigenvalue weighted by atomic mass is 16.1. The molecule has 0 spiro atoms. The van der Waals surface area contributed by atoms with Gasteiger partial charge in [-0.25, -0.2) is 9.97 Å². The molecule has 2 aromatic rings. The van der Waals surface area contributed by atoms with E-state index in [1.54, 1.807) is 6.07 Å². The van der Waals surface area contributed by atoms with Crippen LogP contribution in [-0.4, -0.2) is 22.4 Å². The summed E-state index contributed by atoms with van der Waals surface area (Å²) in [6, 6.07) is 9.65. The quantitative estimate of drug-likeness (QED) is 0.768. The molecule has 116 valence electrons. The van der Waals surface area contributed by atoms with E-state index in [0.29, 0.717) is 18.1 Å². The van der Waals surface area contributed by atoms with Crippen molar-refractivity contribution in [3.05, 3.63) is 47.9 Å². The van der Waals surface area contributed by atoms with Gasteiger partial charge in [-0.05, 0) is 25.5 Å². The first kappa shape index (κ1) is 15.9. The fourth-order valence-corrected chi connectivity index (χ4v) is 2.00. The molecule has 1 heterocycles. The van der Waals surface area contributed by atoms with Crippen LogP contribution in [0.3, 0.4) is 0 Å². The van der Waals surface area contributed by atoms with Gasteiger partial charge in [0.15, 0.2) is 0 Å². The molecule has 22 heavy (non-hydrogen) atoms. The molecule has 1 amide bonds. The highest BCUT2D eigenvalue weighted by Gasteiger charge is 2.08. The van der Waals surface area contributed by atoms with E-state index in [4.69, 9.17) is 0 Å². The van der Waals surface area contributed by atoms with Gasteiger partial charge in [-0.3, -0.25) is 4.79 Å². The minimum absolute atomic E-state index is 0.162. The van der Waals surface area contributed by atoms with Crippen LogP contribution in [-0.2, 0) is 0 Å². The van der Waals surface area contributed by atoms with Crippen molar-refractivity contribution in [3.63, 3.8) is 0 Å². The lowest BCUT2D eigenvalue weighted by Gasteiger charge is -2.08. The number of hydrogen-bond acceptors (Lipinski definition) is 4. The zero-order valence-electron chi connectivity index (χ0n) is 13.1. The molecule has 1 aromatic heterocycles. The maximum Gasteiger partial charge on any atom is 0.270 e. The number of carbonyl (C=O) groups excluding carboxylic acids is 1. The number of amides is 1. The van der Waals surface area contributed by atoms with Crippen molar-refractivity contribution >= 4 is 17.4 Å². The molecule has 0 aliphatic rings. The van der Waals surface area contributed by atoms with Gasteiger partial charge in [0.2, 0.25) is 0 Å². The third-order valence-electron chi connectivity index (χ3n) is 3.29. The van der Waals surface area contributed by atoms with E-state index in [9.17, 15) is 4.79 Å². The fraction of sp³-hybridized carbons (Fsp3) is 0.353. The zero-order valence-corrected chi connectivity index (χ0v) is 13.1. The molecule has 0 saturated heterocycles. The molecule has 0 saturated carbocycles. The molecule has 0 fully saturated rings. The van der Waals surface area contributed by atoms with Crippen LogP contribution in [0.5, 0.6) is 0 Å². The van der Waals surface area contributed by atoms with E-state index in [-0.39, 0.29) is 5.91 Å². The van der Waals surface area contributed by atoms with Crippen molar-refractivity contribution in [1.29, 1.82) is 0 Å². The van der Waals surface area contributed by atoms with Gasteiger partial charge in [0.1, 0.15) is 17.8 Å². The number of unbranched alkanes of at least 4 members (excludes halogenated alkanes) is 2. The SMILES string of the molecule is CCCCCNC(=O)c1cc(Nc2ccc(C)cc2)ncn1. The molecule has 2 rings (SSSR count). The number of nitrogens with one attached hydrogen (secondary N) is 2. The standard InChI is InChI=1S/C17H22N4O/c1-3-4-5-10-18-17(22)15-11-16(20-12-19-15)21-14-8-6-13(2)7-9-14/h6-9,11-12H,3-5,10H2,1-2H3,(H,18,22)(H,19,20,21). The van der Waals surface area contributed by atoms with Gasteiger partial charge in [0.05, 0.1) is 0 Å². The molecule has 0 atom stereocenters. The van der Waals surface area contributed by atoms with Crippen LogP contribution in [0.4, 0.5) is 11.5 Å². The zero-order chi connectivity index (χ0) is 15.8. The van der Waals surface area contributed by atoms with Gasteiger partial charge < -0.3 is 10.6 Å². The Hall–Kier alpha value is -2.43. The van der Waals surface area contributed by atoms with Crippen molar-refractivity contribution in [2.24, 2.45) is 0 Å². The molecule has 0 aliphatic heterocycles. The number of hydrogen-bond donors (Lipinski definition) is 2. The average Bonchev–Trinajstić information content (AvgIpc) is 2.54. The maximum absolute atomic E-state index is 12.0. The summed E-state index contributed by atoms with van der Waals surface area (Å²) >= 11 is 0. The Balaban J connectivity index is 1.97. The topological polar surface area (TPSA) is 66.9 Å². The highest BCUT2D eigenvalue weighted by molar-refractivity contribution is 5.92. The van der Waals surface area contributed by atoms with E-state index < -0.39 is 0 Å². The first-order chi connectivity index (χ1) is 10.7. The minimum atomic E-state index is -0.162. The highest BCUT2D eigenvalue weighted by Crippen LogP contribution is 2.15. The molecular weight excluding hydrogens is 276 g/mol. The smallest absolute Gasteiger partial charge is 0.270 e. The lowest BCUT2D eigenvalue weighted by molar-refractivity contribution is 0.0948. The van der Waals surface area contributed by atoms with Crippen molar-refractivity contribution in [3.8, 4) is 0 Å². The monoisotopic (exact) mass is 298 g/mol. The van der Waals surface area contributed by atoms with Crippen LogP contribution in [0.25, 0.3) is 0 Å². The summed E-state index contributed by atoms with van der Waals surface area (Å²) in [5.74, 6) is 0.447. The van der Waals surface area contributed by atoms with Gasteiger partial charge in [-0.15, -0.1) is 0 Å². The van der Waals surface area contributed by atoms with E-state index in [2.05, 4.69) is 27.5 Å². The van der Waals surface area contributed by atoms with Crippen LogP contribution in [0, 0.1) is 6.92 Å². The van der Waals surface area contributed by atoms with Crippen molar-refractivity contribution in [2.75, 3.05) is 11.9 Å². The van der Waals surface area contributed by atoms with Crippen molar-refractivity contribution < 1.29 is 4.79 Å². The molecule has 0 aliphatic carbocycles. The summed E-state index contributed by atoms with van der Waals surface area (Å²) in [6.45, 7) is 4.85. The number of anilines is 2. The summed E-state index contributed by atoms with van der Waals surface area (Å²) in [7, 11) is 0. The van der Waals surface area contributed by atoms with E-state index in [1.165, 1.54) is 11.9 Å². The summed E-state index contributed by atoms with van der Waals surface area (Å²) in [4.78, 5) is 20.2. The number of aryl methyl sites for hydroxylation is 1. The second-order valence-corrected chi connectivity index (χ2v) is 5.24. The summed E-state index contributed by atoms with van der Waals surface area (Å²) in [6.07, 6.45) is 4.64. The van der Waals surface area contributed by atoms with Gasteiger partial charge in [0.25, 0.3) is 5.91 Å². The molecular formula is C17H22N4O. The van der Waals surface area contributed by atoms with E-state index >= 15 is 0 Å². The molecule has 5 heteroatoms. The van der Waals surface area contributed by atoms with E-state index in [1.807, 2.05) is 31.2 Å². The third kappa shape index (κ3) is 4.84. The Morgan fingerprint density at radius 2 is 1.91 bits per heavy atom. The Bertz CT molecular complexity index is 610. The normalized spacial score (nSPS) is 10.3. The molecule has 1 aromatic carbocycles. The van der Waals surface area contributed by atoms with Gasteiger partial charge in [-0.2, -0.15) is 0 Å². The first-order valence-electron chi connectivity index (χ1n) is 7.63. The number of rotatable bonds is 7. The largest absolute Gasteiger partial charge is 0.351 e. The Kier molecular flexibility index (Phi) is 5.89. The fourth-order valence-electron chi connectivity index (χ4n) is 2.00. The van der Waals surface area contributed by atoms with Crippen LogP contribution < -0.4 is 10.6 Å². The summed E-state index contributed by atoms with van der Waals surface area (Å²) < 4.78 is 0. The van der Waals surface area contributed by atoms with Crippen LogP contribution in [0.1, 0.15) is 42.2 Å². The maximum atomic E-state index is 12.0. The summed E-state index contributed by atoms with van der Waals surface area (Å²) in [5, 5.41) is 6.05. The van der Waals surface area contributed by atoms with Gasteiger partial charge >= 0.3 is 0 Å². The van der Waals surface area contributed by atoms with Crippen molar-refractivity contribution in [2.45, 2.75) is 33.1 Å². The number of nitrogens with zero attached hydrogens (tertiary/aromatic N) is 2. The second-order valence-electron chi connectivity index (χ2n) is 5.24. The van der Waals surface area contributed by atoms with Crippen molar-refractivity contribution in [1.82, 2.24) is 15.3 Å². The minimum Gasteiger partial charge on any atom is -0.351 e. The van der Waals surface area contributed by atoms with Crippen LogP contribution in [0.15, 0.2) is 36.7 Å². The van der Waals surface area contributed by atoms with Gasteiger partial charge in [0, 0.05) is 18.3 Å². The molecule has 2 N–H and O–H groups in total. The number of benzene rings is 1. The average molecular weight is 298 g/mol.